The van der Waals surface area contributed by atoms with Gasteiger partial charge in [-0.1, -0.05) is 47.5 Å². The molecule has 3 atom stereocenters. The van der Waals surface area contributed by atoms with Gasteiger partial charge in [0.15, 0.2) is 0 Å². The van der Waals surface area contributed by atoms with Crippen LogP contribution in [0.15, 0.2) is 42.5 Å². The Labute approximate surface area is 273 Å². The SMILES string of the molecule is Cc1cc(C)cc(CC(C(=O)N2CCC(N3CCN(C)CC3)CC2)[C@H]2CC(N3CCc4ccccc4NC3=O)CCN2C(=O)O)c1. The molecule has 4 amide bonds. The van der Waals surface area contributed by atoms with Crippen molar-refractivity contribution in [3.63, 3.8) is 0 Å². The highest BCUT2D eigenvalue weighted by Gasteiger charge is 2.44. The van der Waals surface area contributed by atoms with E-state index in [1.54, 1.807) is 0 Å². The van der Waals surface area contributed by atoms with Gasteiger partial charge in [0.25, 0.3) is 0 Å². The van der Waals surface area contributed by atoms with Crippen LogP contribution in [0.1, 0.15) is 47.9 Å². The predicted molar refractivity (Wildman–Crippen MR) is 179 cm³/mol. The fraction of sp³-hybridized carbons (Fsp3) is 0.583. The van der Waals surface area contributed by atoms with E-state index in [1.165, 1.54) is 4.90 Å². The van der Waals surface area contributed by atoms with E-state index in [-0.39, 0.29) is 18.0 Å². The Balaban J connectivity index is 1.24. The minimum Gasteiger partial charge on any atom is -0.465 e. The summed E-state index contributed by atoms with van der Waals surface area (Å²) in [7, 11) is 2.17. The van der Waals surface area contributed by atoms with Crippen LogP contribution in [-0.2, 0) is 17.6 Å². The van der Waals surface area contributed by atoms with Gasteiger partial charge in [-0.3, -0.25) is 9.69 Å². The van der Waals surface area contributed by atoms with Crippen LogP contribution in [0, 0.1) is 19.8 Å². The standard InChI is InChI=1S/C36H50N6O4/c1-25-20-26(2)22-27(21-25)23-31(34(43)40-12-9-29(10-13-40)39-18-16-38(3)17-19-39)33-24-30(11-15-42(33)36(45)46)41-14-8-28-6-4-5-7-32(28)37-35(41)44/h4-7,20-22,29-31,33H,8-19,23-24H2,1-3H3,(H,37,44)(H,45,46)/t30?,31?,33-/m1/s1. The monoisotopic (exact) mass is 630 g/mol. The molecule has 10 heteroatoms. The first kappa shape index (κ1) is 32.3. The molecular weight excluding hydrogens is 580 g/mol. The van der Waals surface area contributed by atoms with E-state index in [4.69, 9.17) is 0 Å². The molecule has 4 heterocycles. The molecule has 0 aliphatic carbocycles. The predicted octanol–water partition coefficient (Wildman–Crippen LogP) is 4.30. The number of amides is 4. The van der Waals surface area contributed by atoms with Crippen LogP contribution in [0.2, 0.25) is 0 Å². The van der Waals surface area contributed by atoms with Crippen LogP contribution < -0.4 is 5.32 Å². The lowest BCUT2D eigenvalue weighted by atomic mass is 9.82. The molecule has 2 unspecified atom stereocenters. The van der Waals surface area contributed by atoms with Crippen molar-refractivity contribution in [2.75, 3.05) is 64.7 Å². The summed E-state index contributed by atoms with van der Waals surface area (Å²) >= 11 is 0. The summed E-state index contributed by atoms with van der Waals surface area (Å²) in [6, 6.07) is 13.9. The molecule has 3 fully saturated rings. The fourth-order valence-corrected chi connectivity index (χ4v) is 8.32. The first-order chi connectivity index (χ1) is 22.2. The van der Waals surface area contributed by atoms with E-state index in [0.29, 0.717) is 51.5 Å². The molecule has 6 rings (SSSR count). The van der Waals surface area contributed by atoms with Crippen molar-refractivity contribution in [1.82, 2.24) is 24.5 Å². The summed E-state index contributed by atoms with van der Waals surface area (Å²) in [4.78, 5) is 51.1. The number of piperazine rings is 1. The molecule has 0 bridgehead atoms. The Hall–Kier alpha value is -3.63. The number of hydrogen-bond acceptors (Lipinski definition) is 5. The van der Waals surface area contributed by atoms with Crippen molar-refractivity contribution < 1.29 is 19.5 Å². The highest BCUT2D eigenvalue weighted by molar-refractivity contribution is 5.91. The zero-order valence-electron chi connectivity index (χ0n) is 27.7. The summed E-state index contributed by atoms with van der Waals surface area (Å²) < 4.78 is 0. The van der Waals surface area contributed by atoms with Gasteiger partial charge in [-0.15, -0.1) is 0 Å². The average Bonchev–Trinajstić information content (AvgIpc) is 3.21. The van der Waals surface area contributed by atoms with Crippen LogP contribution in [-0.4, -0.2) is 125 Å². The second kappa shape index (κ2) is 14.0. The summed E-state index contributed by atoms with van der Waals surface area (Å²) in [6.45, 7) is 10.6. The molecule has 0 aromatic heterocycles. The smallest absolute Gasteiger partial charge is 0.407 e. The second-order valence-electron chi connectivity index (χ2n) is 14.0. The lowest BCUT2D eigenvalue weighted by Crippen LogP contribution is -2.59. The van der Waals surface area contributed by atoms with Gasteiger partial charge in [0.2, 0.25) is 5.91 Å². The summed E-state index contributed by atoms with van der Waals surface area (Å²) in [5.74, 6) is -0.492. The van der Waals surface area contributed by atoms with E-state index in [9.17, 15) is 19.5 Å². The van der Waals surface area contributed by atoms with Crippen molar-refractivity contribution in [3.8, 4) is 0 Å². The number of rotatable bonds is 6. The molecule has 2 N–H and O–H groups in total. The number of benzene rings is 2. The molecule has 0 saturated carbocycles. The lowest BCUT2D eigenvalue weighted by molar-refractivity contribution is -0.140. The van der Waals surface area contributed by atoms with Crippen molar-refractivity contribution >= 4 is 23.7 Å². The summed E-state index contributed by atoms with van der Waals surface area (Å²) in [6.07, 6.45) is 3.07. The molecule has 10 nitrogen and oxygen atoms in total. The second-order valence-corrected chi connectivity index (χ2v) is 14.0. The number of likely N-dealkylation sites (tertiary alicyclic amines) is 2. The van der Waals surface area contributed by atoms with E-state index in [2.05, 4.69) is 54.2 Å². The van der Waals surface area contributed by atoms with Gasteiger partial charge in [-0.05, 0) is 76.6 Å². The quantitative estimate of drug-likeness (QED) is 0.494. The number of anilines is 1. The Morgan fingerprint density at radius 2 is 1.57 bits per heavy atom. The van der Waals surface area contributed by atoms with Gasteiger partial charge in [0, 0.05) is 76.2 Å². The zero-order chi connectivity index (χ0) is 32.4. The number of hydrogen-bond donors (Lipinski definition) is 2. The lowest BCUT2D eigenvalue weighted by Gasteiger charge is -2.46. The first-order valence-electron chi connectivity index (χ1n) is 17.1. The highest BCUT2D eigenvalue weighted by atomic mass is 16.4. The maximum absolute atomic E-state index is 14.6. The zero-order valence-corrected chi connectivity index (χ0v) is 27.7. The third-order valence-corrected chi connectivity index (χ3v) is 10.8. The topological polar surface area (TPSA) is 99.7 Å². The van der Waals surface area contributed by atoms with Crippen molar-refractivity contribution in [1.29, 1.82) is 0 Å². The van der Waals surface area contributed by atoms with Crippen LogP contribution in [0.5, 0.6) is 0 Å². The summed E-state index contributed by atoms with van der Waals surface area (Å²) in [5.41, 5.74) is 5.25. The van der Waals surface area contributed by atoms with Crippen LogP contribution in [0.25, 0.3) is 0 Å². The van der Waals surface area contributed by atoms with Gasteiger partial charge in [-0.25, -0.2) is 9.59 Å². The number of fused-ring (bicyclic) bond motifs is 1. The molecule has 0 spiro atoms. The Morgan fingerprint density at radius 1 is 0.891 bits per heavy atom. The van der Waals surface area contributed by atoms with Crippen LogP contribution in [0.3, 0.4) is 0 Å². The third kappa shape index (κ3) is 7.18. The van der Waals surface area contributed by atoms with Crippen molar-refractivity contribution in [3.05, 3.63) is 64.7 Å². The summed E-state index contributed by atoms with van der Waals surface area (Å²) in [5, 5.41) is 13.5. The number of nitrogens with zero attached hydrogens (tertiary/aromatic N) is 5. The fourth-order valence-electron chi connectivity index (χ4n) is 8.32. The maximum atomic E-state index is 14.6. The number of carbonyl (C=O) groups excluding carboxylic acids is 2. The number of likely N-dealkylation sites (N-methyl/N-ethyl adjacent to an activating group) is 1. The normalized spacial score (nSPS) is 24.2. The molecule has 248 valence electrons. The Morgan fingerprint density at radius 3 is 2.26 bits per heavy atom. The van der Waals surface area contributed by atoms with Crippen LogP contribution >= 0.6 is 0 Å². The number of aryl methyl sites for hydroxylation is 2. The van der Waals surface area contributed by atoms with E-state index < -0.39 is 18.1 Å². The van der Waals surface area contributed by atoms with Gasteiger partial charge < -0.3 is 30.0 Å². The van der Waals surface area contributed by atoms with Crippen molar-refractivity contribution in [2.45, 2.75) is 70.5 Å². The molecule has 4 aliphatic heterocycles. The van der Waals surface area contributed by atoms with Gasteiger partial charge in [0.1, 0.15) is 0 Å². The van der Waals surface area contributed by atoms with E-state index >= 15 is 0 Å². The highest BCUT2D eigenvalue weighted by Crippen LogP contribution is 2.33. The van der Waals surface area contributed by atoms with Crippen LogP contribution in [0.4, 0.5) is 15.3 Å². The molecule has 4 aliphatic rings. The average molecular weight is 631 g/mol. The number of piperidine rings is 2. The molecule has 0 radical (unpaired) electrons. The van der Waals surface area contributed by atoms with E-state index in [0.717, 1.165) is 73.4 Å². The number of carbonyl (C=O) groups is 3. The molecule has 2 aromatic rings. The number of urea groups is 1. The number of nitrogens with one attached hydrogen (secondary N) is 1. The third-order valence-electron chi connectivity index (χ3n) is 10.8. The number of carboxylic acid groups (broad SMARTS) is 1. The van der Waals surface area contributed by atoms with Crippen molar-refractivity contribution in [2.24, 2.45) is 5.92 Å². The van der Waals surface area contributed by atoms with E-state index in [1.807, 2.05) is 34.1 Å². The minimum absolute atomic E-state index is 0.0422. The molecular formula is C36H50N6O4. The van der Waals surface area contributed by atoms with Gasteiger partial charge in [-0.2, -0.15) is 0 Å². The van der Waals surface area contributed by atoms with Gasteiger partial charge >= 0.3 is 12.1 Å². The Kier molecular flexibility index (Phi) is 9.84. The maximum Gasteiger partial charge on any atom is 0.407 e. The Bertz CT molecular complexity index is 1400. The number of para-hydroxylation sites is 1. The molecule has 46 heavy (non-hydrogen) atoms. The molecule has 2 aromatic carbocycles. The largest absolute Gasteiger partial charge is 0.465 e. The van der Waals surface area contributed by atoms with Gasteiger partial charge in [0.05, 0.1) is 5.92 Å². The molecule has 3 saturated heterocycles. The minimum atomic E-state index is -0.997. The first-order valence-corrected chi connectivity index (χ1v) is 17.1.